The Morgan fingerprint density at radius 2 is 2.23 bits per heavy atom. The van der Waals surface area contributed by atoms with Crippen LogP contribution in [0, 0.1) is 0 Å². The Balaban J connectivity index is 1.97. The maximum atomic E-state index is 12.2. The molecule has 2 rings (SSSR count). The van der Waals surface area contributed by atoms with Crippen molar-refractivity contribution in [2.24, 2.45) is 0 Å². The minimum absolute atomic E-state index is 0.132. The largest absolute Gasteiger partial charge is 0.495 e. The molecule has 1 amide bonds. The van der Waals surface area contributed by atoms with Crippen molar-refractivity contribution in [3.63, 3.8) is 0 Å². The first-order valence-electron chi connectivity index (χ1n) is 6.35. The summed E-state index contributed by atoms with van der Waals surface area (Å²) in [6.07, 6.45) is 0. The molecule has 0 radical (unpaired) electrons. The van der Waals surface area contributed by atoms with E-state index in [1.165, 1.54) is 23.1 Å². The van der Waals surface area contributed by atoms with Gasteiger partial charge in [-0.25, -0.2) is 0 Å². The van der Waals surface area contributed by atoms with Crippen LogP contribution in [0.1, 0.15) is 6.92 Å². The van der Waals surface area contributed by atoms with Gasteiger partial charge in [-0.1, -0.05) is 34.7 Å². The molecule has 22 heavy (non-hydrogen) atoms. The number of nitrogens with one attached hydrogen (secondary N) is 2. The minimum atomic E-state index is -0.307. The molecule has 1 heterocycles. The third kappa shape index (κ3) is 4.25. The van der Waals surface area contributed by atoms with Crippen molar-refractivity contribution in [1.82, 2.24) is 10.2 Å². The van der Waals surface area contributed by atoms with E-state index in [9.17, 15) is 4.79 Å². The molecule has 9 heteroatoms. The normalized spacial score (nSPS) is 11.8. The first-order valence-corrected chi connectivity index (χ1v) is 8.43. The van der Waals surface area contributed by atoms with E-state index in [1.807, 2.05) is 6.92 Å². The van der Waals surface area contributed by atoms with Gasteiger partial charge < -0.3 is 15.4 Å². The van der Waals surface area contributed by atoms with E-state index in [-0.39, 0.29) is 11.2 Å². The van der Waals surface area contributed by atoms with E-state index in [1.54, 1.807) is 32.4 Å². The number of halogens is 1. The van der Waals surface area contributed by atoms with Gasteiger partial charge in [0.05, 0.1) is 17.4 Å². The van der Waals surface area contributed by atoms with Crippen molar-refractivity contribution in [1.29, 1.82) is 0 Å². The van der Waals surface area contributed by atoms with Crippen molar-refractivity contribution in [2.75, 3.05) is 24.8 Å². The Labute approximate surface area is 141 Å². The van der Waals surface area contributed by atoms with Gasteiger partial charge in [0.2, 0.25) is 11.0 Å². The standard InChI is InChI=1S/C13H15ClN4O2S2/c1-7(21-13-18-17-12(15-2)22-13)11(19)16-8-4-5-10(20-3)9(14)6-8/h4-7H,1-3H3,(H,15,17)(H,16,19)/t7-/m1/s1. The number of hydrogen-bond donors (Lipinski definition) is 2. The zero-order valence-electron chi connectivity index (χ0n) is 12.2. The van der Waals surface area contributed by atoms with Crippen LogP contribution in [0.2, 0.25) is 5.02 Å². The van der Waals surface area contributed by atoms with Crippen molar-refractivity contribution >= 4 is 51.4 Å². The molecule has 2 N–H and O–H groups in total. The molecule has 1 aromatic carbocycles. The summed E-state index contributed by atoms with van der Waals surface area (Å²) in [4.78, 5) is 12.2. The average molecular weight is 359 g/mol. The number of nitrogens with zero attached hydrogens (tertiary/aromatic N) is 2. The molecule has 118 valence electrons. The SMILES string of the molecule is CNc1nnc(S[C@H](C)C(=O)Nc2ccc(OC)c(Cl)c2)s1. The Kier molecular flexibility index (Phi) is 5.87. The molecule has 0 aliphatic heterocycles. The summed E-state index contributed by atoms with van der Waals surface area (Å²) in [6, 6.07) is 5.10. The fraction of sp³-hybridized carbons (Fsp3) is 0.308. The van der Waals surface area contributed by atoms with Gasteiger partial charge in [-0.15, -0.1) is 10.2 Å². The third-order valence-electron chi connectivity index (χ3n) is 2.69. The fourth-order valence-corrected chi connectivity index (χ4v) is 3.66. The van der Waals surface area contributed by atoms with Crippen LogP contribution >= 0.6 is 34.7 Å². The van der Waals surface area contributed by atoms with E-state index in [2.05, 4.69) is 20.8 Å². The molecule has 0 saturated carbocycles. The summed E-state index contributed by atoms with van der Waals surface area (Å²) >= 11 is 8.79. The minimum Gasteiger partial charge on any atom is -0.495 e. The molecule has 0 aliphatic carbocycles. The number of thioether (sulfide) groups is 1. The number of carbonyl (C=O) groups is 1. The second-order valence-electron chi connectivity index (χ2n) is 4.22. The monoisotopic (exact) mass is 358 g/mol. The van der Waals surface area contributed by atoms with Gasteiger partial charge in [-0.05, 0) is 25.1 Å². The number of rotatable bonds is 6. The predicted octanol–water partition coefficient (Wildman–Crippen LogP) is 3.36. The Hall–Kier alpha value is -1.51. The van der Waals surface area contributed by atoms with Crippen LogP contribution in [0.15, 0.2) is 22.5 Å². The summed E-state index contributed by atoms with van der Waals surface area (Å²) in [5.41, 5.74) is 0.622. The molecule has 1 atom stereocenters. The maximum absolute atomic E-state index is 12.2. The highest BCUT2D eigenvalue weighted by atomic mass is 35.5. The molecule has 0 spiro atoms. The van der Waals surface area contributed by atoms with Gasteiger partial charge >= 0.3 is 0 Å². The summed E-state index contributed by atoms with van der Waals surface area (Å²) in [7, 11) is 3.32. The molecule has 0 saturated heterocycles. The number of aromatic nitrogens is 2. The lowest BCUT2D eigenvalue weighted by Crippen LogP contribution is -2.22. The Morgan fingerprint density at radius 1 is 1.45 bits per heavy atom. The second-order valence-corrected chi connectivity index (χ2v) is 7.19. The molecule has 0 fully saturated rings. The maximum Gasteiger partial charge on any atom is 0.237 e. The average Bonchev–Trinajstić information content (AvgIpc) is 2.95. The number of methoxy groups -OCH3 is 1. The van der Waals surface area contributed by atoms with Gasteiger partial charge in [-0.3, -0.25) is 4.79 Å². The topological polar surface area (TPSA) is 76.1 Å². The van der Waals surface area contributed by atoms with Gasteiger partial charge in [0.1, 0.15) is 5.75 Å². The number of amides is 1. The summed E-state index contributed by atoms with van der Waals surface area (Å²) in [5.74, 6) is 0.433. The van der Waals surface area contributed by atoms with E-state index in [0.717, 1.165) is 9.47 Å². The summed E-state index contributed by atoms with van der Waals surface area (Å²) < 4.78 is 5.81. The van der Waals surface area contributed by atoms with Gasteiger partial charge in [0.15, 0.2) is 4.34 Å². The molecular weight excluding hydrogens is 344 g/mol. The van der Waals surface area contributed by atoms with Crippen LogP contribution < -0.4 is 15.4 Å². The zero-order chi connectivity index (χ0) is 16.1. The molecule has 0 aliphatic rings. The van der Waals surface area contributed by atoms with E-state index < -0.39 is 0 Å². The molecule has 0 bridgehead atoms. The van der Waals surface area contributed by atoms with Gasteiger partial charge in [-0.2, -0.15) is 0 Å². The van der Waals surface area contributed by atoms with Crippen molar-refractivity contribution in [3.05, 3.63) is 23.2 Å². The molecule has 6 nitrogen and oxygen atoms in total. The zero-order valence-corrected chi connectivity index (χ0v) is 14.6. The number of hydrogen-bond acceptors (Lipinski definition) is 7. The lowest BCUT2D eigenvalue weighted by Gasteiger charge is -2.11. The third-order valence-corrected chi connectivity index (χ3v) is 5.11. The highest BCUT2D eigenvalue weighted by Gasteiger charge is 2.17. The van der Waals surface area contributed by atoms with E-state index in [0.29, 0.717) is 16.5 Å². The molecule has 0 unspecified atom stereocenters. The van der Waals surface area contributed by atoms with Crippen LogP contribution in [0.25, 0.3) is 0 Å². The molecular formula is C13H15ClN4O2S2. The smallest absolute Gasteiger partial charge is 0.237 e. The highest BCUT2D eigenvalue weighted by Crippen LogP contribution is 2.30. The predicted molar refractivity (Wildman–Crippen MR) is 91.4 cm³/mol. The first kappa shape index (κ1) is 16.9. The van der Waals surface area contributed by atoms with Gasteiger partial charge in [0.25, 0.3) is 0 Å². The number of carbonyl (C=O) groups excluding carboxylic acids is 1. The fourth-order valence-electron chi connectivity index (χ4n) is 1.55. The Bertz CT molecular complexity index is 665. The second kappa shape index (κ2) is 7.66. The lowest BCUT2D eigenvalue weighted by atomic mass is 10.3. The van der Waals surface area contributed by atoms with Crippen LogP contribution in [-0.2, 0) is 4.79 Å². The molecule has 1 aromatic heterocycles. The van der Waals surface area contributed by atoms with E-state index >= 15 is 0 Å². The van der Waals surface area contributed by atoms with Crippen LogP contribution in [0.4, 0.5) is 10.8 Å². The Morgan fingerprint density at radius 3 is 2.82 bits per heavy atom. The highest BCUT2D eigenvalue weighted by molar-refractivity contribution is 8.02. The van der Waals surface area contributed by atoms with Crippen LogP contribution in [0.3, 0.4) is 0 Å². The summed E-state index contributed by atoms with van der Waals surface area (Å²) in [6.45, 7) is 1.81. The quantitative estimate of drug-likeness (QED) is 0.771. The lowest BCUT2D eigenvalue weighted by molar-refractivity contribution is -0.115. The van der Waals surface area contributed by atoms with Crippen LogP contribution in [-0.4, -0.2) is 35.5 Å². The molecule has 2 aromatic rings. The first-order chi connectivity index (χ1) is 10.5. The number of anilines is 2. The van der Waals surface area contributed by atoms with Crippen molar-refractivity contribution < 1.29 is 9.53 Å². The van der Waals surface area contributed by atoms with Gasteiger partial charge in [0, 0.05) is 12.7 Å². The van der Waals surface area contributed by atoms with Crippen molar-refractivity contribution in [2.45, 2.75) is 16.5 Å². The van der Waals surface area contributed by atoms with Crippen molar-refractivity contribution in [3.8, 4) is 5.75 Å². The van der Waals surface area contributed by atoms with Crippen LogP contribution in [0.5, 0.6) is 5.75 Å². The number of ether oxygens (including phenoxy) is 1. The van der Waals surface area contributed by atoms with E-state index in [4.69, 9.17) is 16.3 Å². The summed E-state index contributed by atoms with van der Waals surface area (Å²) in [5, 5.41) is 14.5. The number of benzene rings is 1.